The number of rotatable bonds is 9. The molecule has 0 radical (unpaired) electrons. The predicted octanol–water partition coefficient (Wildman–Crippen LogP) is 3.25. The number of hydrogen-bond acceptors (Lipinski definition) is 4. The molecule has 28 heavy (non-hydrogen) atoms. The van der Waals surface area contributed by atoms with E-state index < -0.39 is 16.1 Å². The van der Waals surface area contributed by atoms with Crippen LogP contribution in [0.5, 0.6) is 5.75 Å². The van der Waals surface area contributed by atoms with E-state index >= 15 is 0 Å². The number of sulfonamides is 1. The van der Waals surface area contributed by atoms with Crippen LogP contribution in [0, 0.1) is 0 Å². The van der Waals surface area contributed by atoms with Crippen molar-refractivity contribution < 1.29 is 17.9 Å². The van der Waals surface area contributed by atoms with Gasteiger partial charge in [-0.2, -0.15) is 0 Å². The van der Waals surface area contributed by atoms with E-state index in [9.17, 15) is 13.2 Å². The fourth-order valence-corrected chi connectivity index (χ4v) is 4.25. The zero-order valence-electron chi connectivity index (χ0n) is 16.2. The van der Waals surface area contributed by atoms with E-state index in [4.69, 9.17) is 16.3 Å². The van der Waals surface area contributed by atoms with E-state index in [1.165, 1.54) is 6.07 Å². The maximum absolute atomic E-state index is 12.5. The molecule has 0 saturated carbocycles. The SMILES string of the molecule is COc1cccc(CCCNC(=O)[C@@H](C)N(c2cccc(Cl)c2)S(C)(=O)=O)c1. The smallest absolute Gasteiger partial charge is 0.243 e. The Bertz CT molecular complexity index is 918. The van der Waals surface area contributed by atoms with Crippen LogP contribution in [-0.4, -0.2) is 40.3 Å². The van der Waals surface area contributed by atoms with Gasteiger partial charge in [-0.1, -0.05) is 29.8 Å². The van der Waals surface area contributed by atoms with Gasteiger partial charge in [-0.15, -0.1) is 0 Å². The van der Waals surface area contributed by atoms with E-state index in [0.29, 0.717) is 17.3 Å². The number of carbonyl (C=O) groups is 1. The Morgan fingerprint density at radius 3 is 2.57 bits per heavy atom. The summed E-state index contributed by atoms with van der Waals surface area (Å²) in [6, 6.07) is 13.3. The van der Waals surface area contributed by atoms with Crippen molar-refractivity contribution in [3.05, 3.63) is 59.1 Å². The van der Waals surface area contributed by atoms with Crippen LogP contribution in [0.1, 0.15) is 18.9 Å². The number of amides is 1. The van der Waals surface area contributed by atoms with Gasteiger partial charge in [-0.05, 0) is 55.7 Å². The Labute approximate surface area is 171 Å². The van der Waals surface area contributed by atoms with Gasteiger partial charge in [-0.25, -0.2) is 8.42 Å². The first-order chi connectivity index (χ1) is 13.2. The van der Waals surface area contributed by atoms with Crippen LogP contribution in [0.25, 0.3) is 0 Å². The van der Waals surface area contributed by atoms with Crippen molar-refractivity contribution >= 4 is 33.2 Å². The zero-order valence-corrected chi connectivity index (χ0v) is 17.8. The second-order valence-corrected chi connectivity index (χ2v) is 8.76. The van der Waals surface area contributed by atoms with Gasteiger partial charge in [0.2, 0.25) is 15.9 Å². The number of nitrogens with zero attached hydrogens (tertiary/aromatic N) is 1. The Morgan fingerprint density at radius 2 is 1.93 bits per heavy atom. The lowest BCUT2D eigenvalue weighted by atomic mass is 10.1. The summed E-state index contributed by atoms with van der Waals surface area (Å²) in [5.41, 5.74) is 1.47. The first-order valence-corrected chi connectivity index (χ1v) is 11.1. The van der Waals surface area contributed by atoms with Crippen molar-refractivity contribution in [2.45, 2.75) is 25.8 Å². The molecule has 0 aliphatic rings. The maximum Gasteiger partial charge on any atom is 0.243 e. The van der Waals surface area contributed by atoms with Crippen LogP contribution >= 0.6 is 11.6 Å². The van der Waals surface area contributed by atoms with Crippen molar-refractivity contribution in [1.29, 1.82) is 0 Å². The van der Waals surface area contributed by atoms with Gasteiger partial charge in [-0.3, -0.25) is 9.10 Å². The molecule has 0 aromatic heterocycles. The predicted molar refractivity (Wildman–Crippen MR) is 113 cm³/mol. The summed E-state index contributed by atoms with van der Waals surface area (Å²) in [7, 11) is -2.04. The third-order valence-electron chi connectivity index (χ3n) is 4.23. The fourth-order valence-electron chi connectivity index (χ4n) is 2.90. The number of nitrogens with one attached hydrogen (secondary N) is 1. The largest absolute Gasteiger partial charge is 0.497 e. The summed E-state index contributed by atoms with van der Waals surface area (Å²) in [6.07, 6.45) is 2.57. The first-order valence-electron chi connectivity index (χ1n) is 8.88. The highest BCUT2D eigenvalue weighted by Gasteiger charge is 2.28. The number of ether oxygens (including phenoxy) is 1. The van der Waals surface area contributed by atoms with Gasteiger partial charge in [0.15, 0.2) is 0 Å². The summed E-state index contributed by atoms with van der Waals surface area (Å²) in [6.45, 7) is 1.99. The van der Waals surface area contributed by atoms with Crippen LogP contribution in [0.3, 0.4) is 0 Å². The van der Waals surface area contributed by atoms with E-state index in [1.54, 1.807) is 32.2 Å². The van der Waals surface area contributed by atoms with Gasteiger partial charge >= 0.3 is 0 Å². The third kappa shape index (κ3) is 6.14. The molecule has 0 fully saturated rings. The van der Waals surface area contributed by atoms with Gasteiger partial charge < -0.3 is 10.1 Å². The minimum Gasteiger partial charge on any atom is -0.497 e. The lowest BCUT2D eigenvalue weighted by Crippen LogP contribution is -2.48. The van der Waals surface area contributed by atoms with Crippen LogP contribution < -0.4 is 14.4 Å². The summed E-state index contributed by atoms with van der Waals surface area (Å²) < 4.78 is 30.8. The van der Waals surface area contributed by atoms with Crippen LogP contribution in [0.2, 0.25) is 5.02 Å². The molecule has 2 aromatic rings. The van der Waals surface area contributed by atoms with Crippen molar-refractivity contribution in [3.8, 4) is 5.75 Å². The summed E-state index contributed by atoms with van der Waals surface area (Å²) in [5.74, 6) is 0.427. The minimum atomic E-state index is -3.66. The summed E-state index contributed by atoms with van der Waals surface area (Å²) in [4.78, 5) is 12.5. The molecule has 0 saturated heterocycles. The number of benzene rings is 2. The number of carbonyl (C=O) groups excluding carboxylic acids is 1. The molecule has 8 heteroatoms. The molecule has 6 nitrogen and oxygen atoms in total. The fraction of sp³-hybridized carbons (Fsp3) is 0.350. The van der Waals surface area contributed by atoms with E-state index in [0.717, 1.165) is 34.7 Å². The molecular weight excluding hydrogens is 400 g/mol. The average Bonchev–Trinajstić information content (AvgIpc) is 2.64. The average molecular weight is 425 g/mol. The summed E-state index contributed by atoms with van der Waals surface area (Å²) >= 11 is 5.97. The second kappa shape index (κ2) is 9.80. The molecule has 0 spiro atoms. The van der Waals surface area contributed by atoms with Gasteiger partial charge in [0, 0.05) is 11.6 Å². The normalized spacial score (nSPS) is 12.3. The molecule has 1 N–H and O–H groups in total. The lowest BCUT2D eigenvalue weighted by molar-refractivity contribution is -0.121. The summed E-state index contributed by atoms with van der Waals surface area (Å²) in [5, 5.41) is 3.21. The third-order valence-corrected chi connectivity index (χ3v) is 5.70. The molecule has 152 valence electrons. The number of halogens is 1. The van der Waals surface area contributed by atoms with Crippen LogP contribution in [0.4, 0.5) is 5.69 Å². The topological polar surface area (TPSA) is 75.7 Å². The molecule has 0 aliphatic carbocycles. The quantitative estimate of drug-likeness (QED) is 0.627. The molecule has 0 heterocycles. The molecule has 1 amide bonds. The van der Waals surface area contributed by atoms with Gasteiger partial charge in [0.05, 0.1) is 19.1 Å². The Kier molecular flexibility index (Phi) is 7.71. The molecule has 2 rings (SSSR count). The highest BCUT2D eigenvalue weighted by molar-refractivity contribution is 7.92. The molecule has 2 aromatic carbocycles. The molecular formula is C20H25ClN2O4S. The van der Waals surface area contributed by atoms with Gasteiger partial charge in [0.1, 0.15) is 11.8 Å². The first kappa shape index (κ1) is 22.0. The van der Waals surface area contributed by atoms with Crippen LogP contribution in [-0.2, 0) is 21.2 Å². The standard InChI is InChI=1S/C20H25ClN2O4S/c1-15(23(28(3,25)26)18-10-5-9-17(21)14-18)20(24)22-12-6-8-16-7-4-11-19(13-16)27-2/h4-5,7,9-11,13-15H,6,8,12H2,1-3H3,(H,22,24)/t15-/m1/s1. The number of aryl methyl sites for hydroxylation is 1. The molecule has 1 atom stereocenters. The van der Waals surface area contributed by atoms with Crippen molar-refractivity contribution in [2.75, 3.05) is 24.2 Å². The Hall–Kier alpha value is -2.25. The van der Waals surface area contributed by atoms with Crippen molar-refractivity contribution in [1.82, 2.24) is 5.32 Å². The molecule has 0 unspecified atom stereocenters. The van der Waals surface area contributed by atoms with Crippen molar-refractivity contribution in [3.63, 3.8) is 0 Å². The number of methoxy groups -OCH3 is 1. The van der Waals surface area contributed by atoms with E-state index in [1.807, 2.05) is 24.3 Å². The maximum atomic E-state index is 12.5. The van der Waals surface area contributed by atoms with Gasteiger partial charge in [0.25, 0.3) is 0 Å². The monoisotopic (exact) mass is 424 g/mol. The minimum absolute atomic E-state index is 0.356. The highest BCUT2D eigenvalue weighted by Crippen LogP contribution is 2.24. The number of anilines is 1. The van der Waals surface area contributed by atoms with E-state index in [-0.39, 0.29) is 5.91 Å². The Balaban J connectivity index is 1.97. The van der Waals surface area contributed by atoms with E-state index in [2.05, 4.69) is 5.32 Å². The van der Waals surface area contributed by atoms with Crippen molar-refractivity contribution in [2.24, 2.45) is 0 Å². The highest BCUT2D eigenvalue weighted by atomic mass is 35.5. The molecule has 0 aliphatic heterocycles. The number of hydrogen-bond donors (Lipinski definition) is 1. The van der Waals surface area contributed by atoms with Crippen LogP contribution in [0.15, 0.2) is 48.5 Å². The zero-order chi connectivity index (χ0) is 20.7. The Morgan fingerprint density at radius 1 is 1.21 bits per heavy atom. The second-order valence-electron chi connectivity index (χ2n) is 6.46. The lowest BCUT2D eigenvalue weighted by Gasteiger charge is -2.28. The molecule has 0 bridgehead atoms.